The quantitative estimate of drug-likeness (QED) is 0.498. The van der Waals surface area contributed by atoms with Crippen LogP contribution in [0.1, 0.15) is 26.8 Å². The Morgan fingerprint density at radius 2 is 1.76 bits per heavy atom. The third-order valence-corrected chi connectivity index (χ3v) is 3.95. The summed E-state index contributed by atoms with van der Waals surface area (Å²) in [5.74, 6) is -0.111. The molecule has 8 nitrogen and oxygen atoms in total. The number of hydrogen-bond acceptors (Lipinski definition) is 7. The van der Waals surface area contributed by atoms with Gasteiger partial charge in [0.05, 0.1) is 11.8 Å². The molecule has 1 amide bonds. The average molecular weight is 389 g/mol. The molecule has 2 aromatic carbocycles. The van der Waals surface area contributed by atoms with Gasteiger partial charge < -0.3 is 19.0 Å². The monoisotopic (exact) mass is 389 g/mol. The third kappa shape index (κ3) is 4.38. The molecule has 1 N–H and O–H groups in total. The van der Waals surface area contributed by atoms with Crippen LogP contribution in [0.5, 0.6) is 0 Å². The zero-order chi connectivity index (χ0) is 20.1. The van der Waals surface area contributed by atoms with Gasteiger partial charge in [-0.2, -0.15) is 4.98 Å². The molecule has 0 radical (unpaired) electrons. The third-order valence-electron chi connectivity index (χ3n) is 3.95. The van der Waals surface area contributed by atoms with Gasteiger partial charge in [0.15, 0.2) is 12.4 Å². The van der Waals surface area contributed by atoms with E-state index in [0.29, 0.717) is 17.1 Å². The Morgan fingerprint density at radius 1 is 0.966 bits per heavy atom. The van der Waals surface area contributed by atoms with E-state index in [-0.39, 0.29) is 24.2 Å². The Bertz CT molecular complexity index is 1100. The first-order valence-electron chi connectivity index (χ1n) is 8.69. The number of ether oxygens (including phenoxy) is 1. The summed E-state index contributed by atoms with van der Waals surface area (Å²) in [7, 11) is 0. The molecular weight excluding hydrogens is 374 g/mol. The lowest BCUT2D eigenvalue weighted by Gasteiger charge is -2.05. The molecule has 0 spiro atoms. The van der Waals surface area contributed by atoms with E-state index in [1.807, 2.05) is 30.3 Å². The summed E-state index contributed by atoms with van der Waals surface area (Å²) in [6.07, 6.45) is 1.42. The number of anilines is 1. The topological polar surface area (TPSA) is 107 Å². The predicted molar refractivity (Wildman–Crippen MR) is 102 cm³/mol. The highest BCUT2D eigenvalue weighted by molar-refractivity contribution is 6.02. The summed E-state index contributed by atoms with van der Waals surface area (Å²) in [4.78, 5) is 28.3. The zero-order valence-corrected chi connectivity index (χ0v) is 15.1. The van der Waals surface area contributed by atoms with E-state index in [1.165, 1.54) is 6.26 Å². The molecule has 2 heterocycles. The lowest BCUT2D eigenvalue weighted by Crippen LogP contribution is -2.11. The van der Waals surface area contributed by atoms with Crippen LogP contribution in [0.15, 0.2) is 81.9 Å². The zero-order valence-electron chi connectivity index (χ0n) is 15.1. The second-order valence-electron chi connectivity index (χ2n) is 5.96. The van der Waals surface area contributed by atoms with E-state index >= 15 is 0 Å². The van der Waals surface area contributed by atoms with Crippen LogP contribution in [0.3, 0.4) is 0 Å². The second-order valence-corrected chi connectivity index (χ2v) is 5.96. The number of benzene rings is 2. The summed E-state index contributed by atoms with van der Waals surface area (Å²) in [6, 6.07) is 18.8. The molecule has 0 aliphatic rings. The van der Waals surface area contributed by atoms with Crippen LogP contribution < -0.4 is 5.32 Å². The fraction of sp³-hybridized carbons (Fsp3) is 0.0476. The first-order chi connectivity index (χ1) is 14.2. The number of aromatic nitrogens is 2. The number of carbonyl (C=O) groups is 2. The molecule has 0 saturated heterocycles. The minimum Gasteiger partial charge on any atom is -0.459 e. The van der Waals surface area contributed by atoms with Gasteiger partial charge in [-0.1, -0.05) is 35.5 Å². The van der Waals surface area contributed by atoms with Crippen LogP contribution in [0.4, 0.5) is 5.69 Å². The van der Waals surface area contributed by atoms with Crippen molar-refractivity contribution in [3.8, 4) is 11.4 Å². The molecule has 0 aliphatic carbocycles. The van der Waals surface area contributed by atoms with Crippen molar-refractivity contribution in [3.05, 3.63) is 90.2 Å². The second kappa shape index (κ2) is 8.22. The molecule has 0 fully saturated rings. The standard InChI is InChI=1S/C21H15N3O5/c25-20(17-7-4-12-27-17)22-16-10-8-15(9-11-16)21(26)28-13-18-23-19(24-29-18)14-5-2-1-3-6-14/h1-12H,13H2,(H,22,25). The maximum absolute atomic E-state index is 12.2. The summed E-state index contributed by atoms with van der Waals surface area (Å²) in [5, 5.41) is 6.54. The Balaban J connectivity index is 1.33. The smallest absolute Gasteiger partial charge is 0.338 e. The van der Waals surface area contributed by atoms with Gasteiger partial charge in [-0.05, 0) is 36.4 Å². The van der Waals surface area contributed by atoms with Crippen LogP contribution in [-0.4, -0.2) is 22.0 Å². The number of rotatable bonds is 6. The molecule has 0 unspecified atom stereocenters. The summed E-state index contributed by atoms with van der Waals surface area (Å²) >= 11 is 0. The molecule has 0 atom stereocenters. The number of nitrogens with zero attached hydrogens (tertiary/aromatic N) is 2. The number of amides is 1. The van der Waals surface area contributed by atoms with Crippen molar-refractivity contribution >= 4 is 17.6 Å². The SMILES string of the molecule is O=C(OCc1nc(-c2ccccc2)no1)c1ccc(NC(=O)c2ccco2)cc1. The van der Waals surface area contributed by atoms with Gasteiger partial charge in [0, 0.05) is 11.3 Å². The number of furan rings is 1. The van der Waals surface area contributed by atoms with Gasteiger partial charge >= 0.3 is 5.97 Å². The van der Waals surface area contributed by atoms with E-state index in [4.69, 9.17) is 13.7 Å². The van der Waals surface area contributed by atoms with Crippen molar-refractivity contribution in [2.45, 2.75) is 6.61 Å². The average Bonchev–Trinajstić information content (AvgIpc) is 3.45. The Hall–Kier alpha value is -4.20. The highest BCUT2D eigenvalue weighted by Crippen LogP contribution is 2.16. The van der Waals surface area contributed by atoms with Crippen LogP contribution in [0.25, 0.3) is 11.4 Å². The molecular formula is C21H15N3O5. The fourth-order valence-corrected chi connectivity index (χ4v) is 2.52. The van der Waals surface area contributed by atoms with Gasteiger partial charge in [-0.3, -0.25) is 4.79 Å². The van der Waals surface area contributed by atoms with Crippen molar-refractivity contribution in [1.82, 2.24) is 10.1 Å². The largest absolute Gasteiger partial charge is 0.459 e. The fourth-order valence-electron chi connectivity index (χ4n) is 2.52. The van der Waals surface area contributed by atoms with E-state index in [2.05, 4.69) is 15.5 Å². The van der Waals surface area contributed by atoms with Crippen LogP contribution in [-0.2, 0) is 11.3 Å². The lowest BCUT2D eigenvalue weighted by atomic mass is 10.2. The Morgan fingerprint density at radius 3 is 2.48 bits per heavy atom. The van der Waals surface area contributed by atoms with Crippen molar-refractivity contribution in [2.24, 2.45) is 0 Å². The van der Waals surface area contributed by atoms with E-state index in [9.17, 15) is 9.59 Å². The number of nitrogens with one attached hydrogen (secondary N) is 1. The maximum Gasteiger partial charge on any atom is 0.338 e. The van der Waals surface area contributed by atoms with E-state index < -0.39 is 5.97 Å². The van der Waals surface area contributed by atoms with Crippen molar-refractivity contribution in [2.75, 3.05) is 5.32 Å². The summed E-state index contributed by atoms with van der Waals surface area (Å²) in [6.45, 7) is -0.143. The minimum atomic E-state index is -0.548. The van der Waals surface area contributed by atoms with Gasteiger partial charge in [0.1, 0.15) is 0 Å². The van der Waals surface area contributed by atoms with Crippen molar-refractivity contribution in [3.63, 3.8) is 0 Å². The number of hydrogen-bond donors (Lipinski definition) is 1. The molecule has 4 rings (SSSR count). The van der Waals surface area contributed by atoms with E-state index in [1.54, 1.807) is 36.4 Å². The van der Waals surface area contributed by atoms with Crippen LogP contribution in [0.2, 0.25) is 0 Å². The number of esters is 1. The van der Waals surface area contributed by atoms with Crippen molar-refractivity contribution in [1.29, 1.82) is 0 Å². The maximum atomic E-state index is 12.2. The van der Waals surface area contributed by atoms with Crippen LogP contribution >= 0.6 is 0 Å². The summed E-state index contributed by atoms with van der Waals surface area (Å²) < 4.78 is 15.3. The van der Waals surface area contributed by atoms with E-state index in [0.717, 1.165) is 5.56 Å². The molecule has 8 heteroatoms. The molecule has 0 saturated carbocycles. The lowest BCUT2D eigenvalue weighted by molar-refractivity contribution is 0.0430. The van der Waals surface area contributed by atoms with Gasteiger partial charge in [-0.15, -0.1) is 0 Å². The molecule has 2 aromatic heterocycles. The summed E-state index contributed by atoms with van der Waals surface area (Å²) in [5.41, 5.74) is 1.65. The predicted octanol–water partition coefficient (Wildman–Crippen LogP) is 3.94. The highest BCUT2D eigenvalue weighted by atomic mass is 16.6. The number of carbonyl (C=O) groups excluding carboxylic acids is 2. The normalized spacial score (nSPS) is 10.5. The molecule has 29 heavy (non-hydrogen) atoms. The first-order valence-corrected chi connectivity index (χ1v) is 8.69. The molecule has 0 bridgehead atoms. The highest BCUT2D eigenvalue weighted by Gasteiger charge is 2.13. The first kappa shape index (κ1) is 18.2. The minimum absolute atomic E-state index is 0.143. The Labute approximate surface area is 165 Å². The molecule has 144 valence electrons. The molecule has 4 aromatic rings. The van der Waals surface area contributed by atoms with Gasteiger partial charge in [0.25, 0.3) is 11.8 Å². The Kier molecular flexibility index (Phi) is 5.15. The van der Waals surface area contributed by atoms with Crippen molar-refractivity contribution < 1.29 is 23.3 Å². The van der Waals surface area contributed by atoms with Gasteiger partial charge in [-0.25, -0.2) is 4.79 Å². The van der Waals surface area contributed by atoms with Gasteiger partial charge in [0.2, 0.25) is 5.82 Å². The van der Waals surface area contributed by atoms with Crippen LogP contribution in [0, 0.1) is 0 Å². The molecule has 0 aliphatic heterocycles.